The van der Waals surface area contributed by atoms with Crippen LogP contribution in [0.4, 0.5) is 5.82 Å². The van der Waals surface area contributed by atoms with Gasteiger partial charge in [-0.1, -0.05) is 34.1 Å². The van der Waals surface area contributed by atoms with E-state index in [2.05, 4.69) is 26.2 Å². The molecule has 0 radical (unpaired) electrons. The smallest absolute Gasteiger partial charge is 0.225 e. The van der Waals surface area contributed by atoms with E-state index in [0.29, 0.717) is 11.4 Å². The molecule has 21 heavy (non-hydrogen) atoms. The molecule has 2 rings (SSSR count). The first-order valence-electron chi connectivity index (χ1n) is 6.56. The summed E-state index contributed by atoms with van der Waals surface area (Å²) in [5.74, 6) is 0.244. The van der Waals surface area contributed by atoms with E-state index in [1.807, 2.05) is 25.1 Å². The number of hydrogen-bond acceptors (Lipinski definition) is 3. The molecule has 0 unspecified atom stereocenters. The van der Waals surface area contributed by atoms with Crippen molar-refractivity contribution >= 4 is 33.4 Å². The van der Waals surface area contributed by atoms with Gasteiger partial charge in [-0.15, -0.1) is 0 Å². The topological polar surface area (TPSA) is 59.1 Å². The zero-order chi connectivity index (χ0) is 15.2. The third-order valence-electron chi connectivity index (χ3n) is 2.92. The summed E-state index contributed by atoms with van der Waals surface area (Å²) in [6, 6.07) is 10.7. The third kappa shape index (κ3) is 4.79. The quantitative estimate of drug-likeness (QED) is 0.838. The highest BCUT2D eigenvalue weighted by Crippen LogP contribution is 2.13. The van der Waals surface area contributed by atoms with Gasteiger partial charge in [0.2, 0.25) is 5.91 Å². The van der Waals surface area contributed by atoms with Crippen molar-refractivity contribution in [3.05, 3.63) is 58.2 Å². The van der Waals surface area contributed by atoms with Gasteiger partial charge in [-0.05, 0) is 30.7 Å². The highest BCUT2D eigenvalue weighted by Gasteiger charge is 2.09. The number of anilines is 1. The van der Waals surface area contributed by atoms with E-state index in [1.165, 1.54) is 0 Å². The summed E-state index contributed by atoms with van der Waals surface area (Å²) in [7, 11) is 0. The Morgan fingerprint density at radius 1 is 1.10 bits per heavy atom. The predicted molar refractivity (Wildman–Crippen MR) is 85.3 cm³/mol. The number of aryl methyl sites for hydroxylation is 1. The lowest BCUT2D eigenvalue weighted by molar-refractivity contribution is -0.116. The second kappa shape index (κ2) is 7.13. The predicted octanol–water partition coefficient (Wildman–Crippen LogP) is 3.75. The van der Waals surface area contributed by atoms with E-state index in [0.717, 1.165) is 10.0 Å². The number of halogens is 1. The van der Waals surface area contributed by atoms with Crippen molar-refractivity contribution in [2.45, 2.75) is 19.8 Å². The second-order valence-corrected chi connectivity index (χ2v) is 5.61. The monoisotopic (exact) mass is 346 g/mol. The van der Waals surface area contributed by atoms with E-state index >= 15 is 0 Å². The molecular weight excluding hydrogens is 332 g/mol. The van der Waals surface area contributed by atoms with Crippen molar-refractivity contribution < 1.29 is 9.59 Å². The number of hydrogen-bond donors (Lipinski definition) is 1. The van der Waals surface area contributed by atoms with Crippen LogP contribution in [0.3, 0.4) is 0 Å². The van der Waals surface area contributed by atoms with E-state index in [9.17, 15) is 9.59 Å². The summed E-state index contributed by atoms with van der Waals surface area (Å²) < 4.78 is 0.919. The summed E-state index contributed by atoms with van der Waals surface area (Å²) in [4.78, 5) is 27.8. The SMILES string of the molecule is Cc1ccc(NC(=O)CCC(=O)c2ccc(Br)cc2)nc1. The van der Waals surface area contributed by atoms with Crippen LogP contribution in [0.5, 0.6) is 0 Å². The number of ketones is 1. The fourth-order valence-electron chi connectivity index (χ4n) is 1.75. The van der Waals surface area contributed by atoms with E-state index in [1.54, 1.807) is 24.4 Å². The minimum atomic E-state index is -0.211. The Balaban J connectivity index is 1.84. The molecule has 0 aliphatic rings. The molecule has 0 fully saturated rings. The number of carbonyl (C=O) groups is 2. The van der Waals surface area contributed by atoms with Crippen LogP contribution in [-0.2, 0) is 4.79 Å². The third-order valence-corrected chi connectivity index (χ3v) is 3.45. The van der Waals surface area contributed by atoms with Crippen molar-refractivity contribution in [1.29, 1.82) is 0 Å². The largest absolute Gasteiger partial charge is 0.311 e. The Morgan fingerprint density at radius 3 is 2.43 bits per heavy atom. The minimum absolute atomic E-state index is 0.0467. The second-order valence-electron chi connectivity index (χ2n) is 4.70. The van der Waals surface area contributed by atoms with Crippen molar-refractivity contribution in [3.8, 4) is 0 Å². The summed E-state index contributed by atoms with van der Waals surface area (Å²) in [5.41, 5.74) is 1.64. The number of pyridine rings is 1. The highest BCUT2D eigenvalue weighted by atomic mass is 79.9. The maximum atomic E-state index is 11.9. The lowest BCUT2D eigenvalue weighted by atomic mass is 10.1. The van der Waals surface area contributed by atoms with Gasteiger partial charge in [-0.2, -0.15) is 0 Å². The number of nitrogens with one attached hydrogen (secondary N) is 1. The Bertz CT molecular complexity index is 636. The van der Waals surface area contributed by atoms with Gasteiger partial charge in [-0.25, -0.2) is 4.98 Å². The number of nitrogens with zero attached hydrogens (tertiary/aromatic N) is 1. The van der Waals surface area contributed by atoms with E-state index in [4.69, 9.17) is 0 Å². The van der Waals surface area contributed by atoms with Crippen LogP contribution >= 0.6 is 15.9 Å². The average molecular weight is 347 g/mol. The Morgan fingerprint density at radius 2 is 1.81 bits per heavy atom. The van der Waals surface area contributed by atoms with Gasteiger partial charge in [0.05, 0.1) is 0 Å². The molecule has 0 saturated heterocycles. The van der Waals surface area contributed by atoms with Crippen molar-refractivity contribution in [2.75, 3.05) is 5.32 Å². The van der Waals surface area contributed by atoms with E-state index in [-0.39, 0.29) is 24.5 Å². The van der Waals surface area contributed by atoms with Gasteiger partial charge in [-0.3, -0.25) is 9.59 Å². The zero-order valence-electron chi connectivity index (χ0n) is 11.6. The normalized spacial score (nSPS) is 10.2. The summed E-state index contributed by atoms with van der Waals surface area (Å²) in [5, 5.41) is 2.68. The molecule has 1 amide bonds. The maximum absolute atomic E-state index is 11.9. The van der Waals surface area contributed by atoms with Gasteiger partial charge < -0.3 is 5.32 Å². The minimum Gasteiger partial charge on any atom is -0.311 e. The maximum Gasteiger partial charge on any atom is 0.225 e. The van der Waals surface area contributed by atoms with Crippen LogP contribution in [0.2, 0.25) is 0 Å². The van der Waals surface area contributed by atoms with Crippen LogP contribution in [0.15, 0.2) is 47.1 Å². The van der Waals surface area contributed by atoms with Gasteiger partial charge in [0, 0.05) is 29.1 Å². The number of carbonyl (C=O) groups excluding carboxylic acids is 2. The Labute approximate surface area is 131 Å². The lowest BCUT2D eigenvalue weighted by Crippen LogP contribution is -2.14. The molecule has 1 aromatic carbocycles. The Kier molecular flexibility index (Phi) is 5.22. The first-order chi connectivity index (χ1) is 10.0. The van der Waals surface area contributed by atoms with Crippen LogP contribution in [0.1, 0.15) is 28.8 Å². The van der Waals surface area contributed by atoms with Crippen molar-refractivity contribution in [1.82, 2.24) is 4.98 Å². The lowest BCUT2D eigenvalue weighted by Gasteiger charge is -2.04. The molecule has 4 nitrogen and oxygen atoms in total. The van der Waals surface area contributed by atoms with Crippen LogP contribution in [0, 0.1) is 6.92 Å². The molecule has 0 atom stereocenters. The van der Waals surface area contributed by atoms with E-state index < -0.39 is 0 Å². The van der Waals surface area contributed by atoms with Gasteiger partial charge in [0.15, 0.2) is 5.78 Å². The molecule has 0 saturated carbocycles. The number of rotatable bonds is 5. The first-order valence-corrected chi connectivity index (χ1v) is 7.35. The molecule has 2 aromatic rings. The molecular formula is C16H15BrN2O2. The van der Waals surface area contributed by atoms with Crippen LogP contribution in [-0.4, -0.2) is 16.7 Å². The fourth-order valence-corrected chi connectivity index (χ4v) is 2.02. The van der Waals surface area contributed by atoms with Gasteiger partial charge >= 0.3 is 0 Å². The summed E-state index contributed by atoms with van der Waals surface area (Å²) >= 11 is 3.32. The molecule has 108 valence electrons. The van der Waals surface area contributed by atoms with Gasteiger partial charge in [0.25, 0.3) is 0 Å². The van der Waals surface area contributed by atoms with Crippen molar-refractivity contribution in [3.63, 3.8) is 0 Å². The number of Topliss-reactive ketones (excluding diaryl/α,β-unsaturated/α-hetero) is 1. The summed E-state index contributed by atoms with van der Waals surface area (Å²) in [6.07, 6.45) is 2.01. The first kappa shape index (κ1) is 15.4. The van der Waals surface area contributed by atoms with Gasteiger partial charge in [0.1, 0.15) is 5.82 Å². The Hall–Kier alpha value is -2.01. The molecule has 1 aromatic heterocycles. The molecule has 1 N–H and O–H groups in total. The van der Waals surface area contributed by atoms with Crippen molar-refractivity contribution in [2.24, 2.45) is 0 Å². The number of benzene rings is 1. The molecule has 5 heteroatoms. The number of aromatic nitrogens is 1. The number of amides is 1. The molecule has 0 spiro atoms. The molecule has 1 heterocycles. The molecule has 0 bridgehead atoms. The zero-order valence-corrected chi connectivity index (χ0v) is 13.2. The molecule has 0 aliphatic heterocycles. The fraction of sp³-hybridized carbons (Fsp3) is 0.188. The average Bonchev–Trinajstić information content (AvgIpc) is 2.48. The highest BCUT2D eigenvalue weighted by molar-refractivity contribution is 9.10. The standard InChI is InChI=1S/C16H15BrN2O2/c1-11-2-8-15(18-10-11)19-16(21)9-7-14(20)12-3-5-13(17)6-4-12/h2-6,8,10H,7,9H2,1H3,(H,18,19,21). The molecule has 0 aliphatic carbocycles. The van der Waals surface area contributed by atoms with Crippen LogP contribution in [0.25, 0.3) is 0 Å². The van der Waals surface area contributed by atoms with Crippen LogP contribution < -0.4 is 5.32 Å². The summed E-state index contributed by atoms with van der Waals surface area (Å²) in [6.45, 7) is 1.93.